The van der Waals surface area contributed by atoms with Crippen LogP contribution in [0.5, 0.6) is 0 Å². The summed E-state index contributed by atoms with van der Waals surface area (Å²) in [5.74, 6) is -2.45. The van der Waals surface area contributed by atoms with Crippen molar-refractivity contribution in [2.24, 2.45) is 0 Å². The second-order valence-corrected chi connectivity index (χ2v) is 7.98. The molecule has 0 atom stereocenters. The molecule has 0 aromatic heterocycles. The minimum atomic E-state index is -4.13. The summed E-state index contributed by atoms with van der Waals surface area (Å²) in [5, 5.41) is 0. The zero-order valence-electron chi connectivity index (χ0n) is 11.7. The maximum Gasteiger partial charge on any atom is 0.261 e. The van der Waals surface area contributed by atoms with E-state index >= 15 is 0 Å². The number of anilines is 1. The van der Waals surface area contributed by atoms with Crippen molar-refractivity contribution in [3.8, 4) is 0 Å². The van der Waals surface area contributed by atoms with Crippen LogP contribution in [0.4, 0.5) is 14.5 Å². The average molecular weight is 362 g/mol. The van der Waals surface area contributed by atoms with Gasteiger partial charge in [0.1, 0.15) is 0 Å². The van der Waals surface area contributed by atoms with Crippen LogP contribution in [-0.2, 0) is 20.0 Å². The van der Waals surface area contributed by atoms with Crippen LogP contribution in [0, 0.1) is 11.6 Å². The van der Waals surface area contributed by atoms with Crippen molar-refractivity contribution in [1.29, 1.82) is 0 Å². The van der Waals surface area contributed by atoms with Crippen molar-refractivity contribution in [2.75, 3.05) is 11.8 Å². The highest BCUT2D eigenvalue weighted by Gasteiger charge is 2.17. The molecule has 0 aliphatic heterocycles. The molecule has 10 heteroatoms. The molecule has 0 saturated carbocycles. The van der Waals surface area contributed by atoms with Crippen LogP contribution in [0.2, 0.25) is 0 Å². The standard InChI is InChI=1S/C13H12F2N2O4S2/c1-16-22(18,19)10-4-2-9(3-5-10)17-23(20,21)11-6-7-12(14)13(15)8-11/h2-8,16-17H,1H3. The summed E-state index contributed by atoms with van der Waals surface area (Å²) in [6, 6.07) is 7.05. The molecule has 0 radical (unpaired) electrons. The molecule has 6 nitrogen and oxygen atoms in total. The molecule has 2 aromatic rings. The third kappa shape index (κ3) is 3.84. The summed E-state index contributed by atoms with van der Waals surface area (Å²) < 4.78 is 77.5. The molecule has 2 N–H and O–H groups in total. The van der Waals surface area contributed by atoms with Gasteiger partial charge in [-0.15, -0.1) is 0 Å². The van der Waals surface area contributed by atoms with Gasteiger partial charge in [0, 0.05) is 5.69 Å². The quantitative estimate of drug-likeness (QED) is 0.846. The van der Waals surface area contributed by atoms with E-state index in [1.54, 1.807) is 0 Å². The molecule has 0 fully saturated rings. The van der Waals surface area contributed by atoms with E-state index in [1.807, 2.05) is 0 Å². The number of benzene rings is 2. The molecule has 0 amide bonds. The third-order valence-electron chi connectivity index (χ3n) is 2.89. The summed E-state index contributed by atoms with van der Waals surface area (Å²) in [7, 11) is -6.52. The van der Waals surface area contributed by atoms with E-state index in [4.69, 9.17) is 0 Å². The fraction of sp³-hybridized carbons (Fsp3) is 0.0769. The van der Waals surface area contributed by atoms with Crippen molar-refractivity contribution in [1.82, 2.24) is 4.72 Å². The second kappa shape index (κ2) is 6.22. The predicted octanol–water partition coefficient (Wildman–Crippen LogP) is 1.67. The predicted molar refractivity (Wildman–Crippen MR) is 79.9 cm³/mol. The van der Waals surface area contributed by atoms with Gasteiger partial charge in [-0.2, -0.15) is 0 Å². The Kier molecular flexibility index (Phi) is 4.68. The van der Waals surface area contributed by atoms with Gasteiger partial charge in [-0.3, -0.25) is 4.72 Å². The fourth-order valence-electron chi connectivity index (χ4n) is 1.68. The molecule has 0 spiro atoms. The first-order valence-corrected chi connectivity index (χ1v) is 9.14. The lowest BCUT2D eigenvalue weighted by Gasteiger charge is -2.09. The lowest BCUT2D eigenvalue weighted by molar-refractivity contribution is 0.504. The van der Waals surface area contributed by atoms with Crippen LogP contribution >= 0.6 is 0 Å². The summed E-state index contributed by atoms with van der Waals surface area (Å²) >= 11 is 0. The second-order valence-electron chi connectivity index (χ2n) is 4.41. The fourth-order valence-corrected chi connectivity index (χ4v) is 3.48. The SMILES string of the molecule is CNS(=O)(=O)c1ccc(NS(=O)(=O)c2ccc(F)c(F)c2)cc1. The van der Waals surface area contributed by atoms with Crippen LogP contribution in [-0.4, -0.2) is 23.9 Å². The van der Waals surface area contributed by atoms with Gasteiger partial charge in [-0.25, -0.2) is 30.3 Å². The Bertz CT molecular complexity index is 927. The molecule has 23 heavy (non-hydrogen) atoms. The van der Waals surface area contributed by atoms with Crippen molar-refractivity contribution in [3.63, 3.8) is 0 Å². The van der Waals surface area contributed by atoms with E-state index < -0.39 is 36.6 Å². The Morgan fingerprint density at radius 3 is 1.87 bits per heavy atom. The smallest absolute Gasteiger partial charge is 0.261 e. The monoisotopic (exact) mass is 362 g/mol. The van der Waals surface area contributed by atoms with Gasteiger partial charge in [0.15, 0.2) is 11.6 Å². The molecular formula is C13H12F2N2O4S2. The van der Waals surface area contributed by atoms with Crippen LogP contribution < -0.4 is 9.44 Å². The molecule has 0 aliphatic carbocycles. The maximum atomic E-state index is 13.1. The molecule has 0 bridgehead atoms. The molecule has 2 aromatic carbocycles. The van der Waals surface area contributed by atoms with E-state index in [0.29, 0.717) is 12.1 Å². The van der Waals surface area contributed by atoms with Gasteiger partial charge >= 0.3 is 0 Å². The van der Waals surface area contributed by atoms with E-state index in [2.05, 4.69) is 9.44 Å². The van der Waals surface area contributed by atoms with Crippen LogP contribution in [0.3, 0.4) is 0 Å². The number of sulfonamides is 2. The van der Waals surface area contributed by atoms with Gasteiger partial charge in [-0.1, -0.05) is 0 Å². The largest absolute Gasteiger partial charge is 0.280 e. The first-order chi connectivity index (χ1) is 10.7. The molecule has 0 saturated heterocycles. The number of halogens is 2. The molecule has 2 rings (SSSR count). The Hall–Kier alpha value is -2.04. The van der Waals surface area contributed by atoms with Crippen LogP contribution in [0.15, 0.2) is 52.3 Å². The lowest BCUT2D eigenvalue weighted by atomic mass is 10.3. The van der Waals surface area contributed by atoms with E-state index in [0.717, 1.165) is 6.07 Å². The van der Waals surface area contributed by atoms with Crippen molar-refractivity contribution in [3.05, 3.63) is 54.1 Å². The Morgan fingerprint density at radius 2 is 1.35 bits per heavy atom. The van der Waals surface area contributed by atoms with Gasteiger partial charge in [0.05, 0.1) is 9.79 Å². The number of nitrogens with one attached hydrogen (secondary N) is 2. The topological polar surface area (TPSA) is 92.3 Å². The lowest BCUT2D eigenvalue weighted by Crippen LogP contribution is -2.18. The number of hydrogen-bond acceptors (Lipinski definition) is 4. The maximum absolute atomic E-state index is 13.1. The molecule has 124 valence electrons. The Labute approximate surface area is 132 Å². The van der Waals surface area contributed by atoms with Crippen LogP contribution in [0.1, 0.15) is 0 Å². The Balaban J connectivity index is 2.29. The zero-order chi connectivity index (χ0) is 17.3. The minimum absolute atomic E-state index is 0.0456. The highest BCUT2D eigenvalue weighted by Crippen LogP contribution is 2.19. The molecule has 0 heterocycles. The first kappa shape index (κ1) is 17.3. The first-order valence-electron chi connectivity index (χ1n) is 6.17. The van der Waals surface area contributed by atoms with E-state index in [1.165, 1.54) is 31.3 Å². The minimum Gasteiger partial charge on any atom is -0.280 e. The average Bonchev–Trinajstić information content (AvgIpc) is 2.50. The Morgan fingerprint density at radius 1 is 0.783 bits per heavy atom. The van der Waals surface area contributed by atoms with Gasteiger partial charge < -0.3 is 0 Å². The normalized spacial score (nSPS) is 12.1. The van der Waals surface area contributed by atoms with E-state index in [-0.39, 0.29) is 10.6 Å². The molecular weight excluding hydrogens is 350 g/mol. The molecule has 0 aliphatic rings. The number of hydrogen-bond donors (Lipinski definition) is 2. The summed E-state index contributed by atoms with van der Waals surface area (Å²) in [6.07, 6.45) is 0. The summed E-state index contributed by atoms with van der Waals surface area (Å²) in [6.45, 7) is 0. The van der Waals surface area contributed by atoms with E-state index in [9.17, 15) is 25.6 Å². The van der Waals surface area contributed by atoms with Crippen LogP contribution in [0.25, 0.3) is 0 Å². The highest BCUT2D eigenvalue weighted by atomic mass is 32.2. The van der Waals surface area contributed by atoms with Gasteiger partial charge in [-0.05, 0) is 49.5 Å². The summed E-state index contributed by atoms with van der Waals surface area (Å²) in [4.78, 5) is -0.501. The van der Waals surface area contributed by atoms with Crippen molar-refractivity contribution >= 4 is 25.7 Å². The molecule has 0 unspecified atom stereocenters. The van der Waals surface area contributed by atoms with Gasteiger partial charge in [0.25, 0.3) is 10.0 Å². The third-order valence-corrected chi connectivity index (χ3v) is 5.70. The number of rotatable bonds is 5. The highest BCUT2D eigenvalue weighted by molar-refractivity contribution is 7.92. The van der Waals surface area contributed by atoms with Crippen molar-refractivity contribution < 1.29 is 25.6 Å². The summed E-state index contributed by atoms with van der Waals surface area (Å²) in [5.41, 5.74) is 0.0739. The van der Waals surface area contributed by atoms with Crippen molar-refractivity contribution in [2.45, 2.75) is 9.79 Å². The van der Waals surface area contributed by atoms with Gasteiger partial charge in [0.2, 0.25) is 10.0 Å². The zero-order valence-corrected chi connectivity index (χ0v) is 13.4.